The van der Waals surface area contributed by atoms with Gasteiger partial charge in [0, 0.05) is 50.0 Å². The minimum absolute atomic E-state index is 0.0770. The minimum atomic E-state index is -1.73. The molecule has 3 heterocycles. The topological polar surface area (TPSA) is 58.4 Å². The van der Waals surface area contributed by atoms with Crippen LogP contribution in [-0.4, -0.2) is 56.7 Å². The maximum absolute atomic E-state index is 14.7. The maximum Gasteiger partial charge on any atom is 0.260 e. The van der Waals surface area contributed by atoms with Crippen molar-refractivity contribution < 1.29 is 14.0 Å². The van der Waals surface area contributed by atoms with E-state index in [1.54, 1.807) is 11.1 Å². The van der Waals surface area contributed by atoms with Gasteiger partial charge in [-0.05, 0) is 51.2 Å². The van der Waals surface area contributed by atoms with Crippen LogP contribution < -0.4 is 0 Å². The van der Waals surface area contributed by atoms with Gasteiger partial charge in [0.05, 0.1) is 5.41 Å². The molecule has 1 aromatic heterocycles. The van der Waals surface area contributed by atoms with Crippen molar-refractivity contribution in [3.63, 3.8) is 0 Å². The Morgan fingerprint density at radius 3 is 2.62 bits per heavy atom. The first-order chi connectivity index (χ1) is 15.3. The van der Waals surface area contributed by atoms with Crippen LogP contribution in [-0.2, 0) is 16.1 Å². The SMILES string of the molecule is CC(C)n1nccc1[C@H]1CN(C(=O)C2(F)CC2)C[C@]12CCCN(Cc1ccccc1)C2=O. The highest BCUT2D eigenvalue weighted by Gasteiger charge is 2.61. The maximum atomic E-state index is 14.7. The van der Waals surface area contributed by atoms with Gasteiger partial charge >= 0.3 is 0 Å². The van der Waals surface area contributed by atoms with Crippen LogP contribution in [0.25, 0.3) is 0 Å². The van der Waals surface area contributed by atoms with Gasteiger partial charge in [-0.2, -0.15) is 5.10 Å². The average molecular weight is 439 g/mol. The molecule has 1 aliphatic carbocycles. The Labute approximate surface area is 188 Å². The van der Waals surface area contributed by atoms with Crippen molar-refractivity contribution in [2.24, 2.45) is 5.41 Å². The van der Waals surface area contributed by atoms with E-state index in [1.807, 2.05) is 46.0 Å². The lowest BCUT2D eigenvalue weighted by Gasteiger charge is -2.42. The van der Waals surface area contributed by atoms with Crippen LogP contribution in [0.4, 0.5) is 4.39 Å². The summed E-state index contributed by atoms with van der Waals surface area (Å²) < 4.78 is 16.7. The zero-order chi connectivity index (χ0) is 22.5. The predicted molar refractivity (Wildman–Crippen MR) is 119 cm³/mol. The first-order valence-corrected chi connectivity index (χ1v) is 11.7. The normalized spacial score (nSPS) is 26.9. The van der Waals surface area contributed by atoms with Crippen LogP contribution in [0.5, 0.6) is 0 Å². The summed E-state index contributed by atoms with van der Waals surface area (Å²) in [6, 6.07) is 12.1. The first kappa shape index (κ1) is 21.2. The van der Waals surface area contributed by atoms with Gasteiger partial charge in [-0.25, -0.2) is 4.39 Å². The zero-order valence-corrected chi connectivity index (χ0v) is 18.8. The van der Waals surface area contributed by atoms with Gasteiger partial charge in [0.2, 0.25) is 5.91 Å². The molecule has 3 aliphatic rings. The number of aromatic nitrogens is 2. The fraction of sp³-hybridized carbons (Fsp3) is 0.560. The van der Waals surface area contributed by atoms with E-state index < -0.39 is 17.0 Å². The summed E-state index contributed by atoms with van der Waals surface area (Å²) in [5.74, 6) is -0.555. The van der Waals surface area contributed by atoms with E-state index in [-0.39, 0.29) is 37.3 Å². The van der Waals surface area contributed by atoms with Crippen molar-refractivity contribution in [3.05, 3.63) is 53.9 Å². The largest absolute Gasteiger partial charge is 0.338 e. The van der Waals surface area contributed by atoms with Crippen molar-refractivity contribution in [3.8, 4) is 0 Å². The molecule has 6 nitrogen and oxygen atoms in total. The van der Waals surface area contributed by atoms with Gasteiger partial charge in [0.15, 0.2) is 5.67 Å². The molecular formula is C25H31FN4O2. The van der Waals surface area contributed by atoms with Crippen molar-refractivity contribution >= 4 is 11.8 Å². The quantitative estimate of drug-likeness (QED) is 0.715. The second kappa shape index (κ2) is 7.71. The Balaban J connectivity index is 1.51. The molecule has 2 aromatic rings. The highest BCUT2D eigenvalue weighted by molar-refractivity contribution is 5.91. The molecule has 5 rings (SSSR count). The summed E-state index contributed by atoms with van der Waals surface area (Å²) >= 11 is 0. The van der Waals surface area contributed by atoms with Crippen molar-refractivity contribution in [2.75, 3.05) is 19.6 Å². The molecule has 3 fully saturated rings. The van der Waals surface area contributed by atoms with Crippen LogP contribution in [0.3, 0.4) is 0 Å². The third kappa shape index (κ3) is 3.42. The smallest absolute Gasteiger partial charge is 0.260 e. The Morgan fingerprint density at radius 1 is 1.19 bits per heavy atom. The second-order valence-corrected chi connectivity index (χ2v) is 9.97. The number of hydrogen-bond donors (Lipinski definition) is 0. The Bertz CT molecular complexity index is 1020. The average Bonchev–Trinajstić information content (AvgIpc) is 3.20. The molecule has 0 radical (unpaired) electrons. The van der Waals surface area contributed by atoms with E-state index in [0.29, 0.717) is 26.1 Å². The molecule has 32 heavy (non-hydrogen) atoms. The summed E-state index contributed by atoms with van der Waals surface area (Å²) in [5.41, 5.74) is -0.404. The molecule has 0 N–H and O–H groups in total. The van der Waals surface area contributed by atoms with Crippen LogP contribution in [0.15, 0.2) is 42.6 Å². The third-order valence-corrected chi connectivity index (χ3v) is 7.43. The molecule has 2 saturated heterocycles. The second-order valence-electron chi connectivity index (χ2n) is 9.97. The fourth-order valence-corrected chi connectivity index (χ4v) is 5.61. The number of benzene rings is 1. The van der Waals surface area contributed by atoms with Crippen LogP contribution >= 0.6 is 0 Å². The molecule has 170 valence electrons. The number of carbonyl (C=O) groups excluding carboxylic acids is 2. The van der Waals surface area contributed by atoms with E-state index >= 15 is 0 Å². The Morgan fingerprint density at radius 2 is 1.94 bits per heavy atom. The summed E-state index contributed by atoms with van der Waals surface area (Å²) in [5, 5.41) is 4.50. The molecule has 7 heteroatoms. The van der Waals surface area contributed by atoms with Crippen LogP contribution in [0, 0.1) is 5.41 Å². The lowest BCUT2D eigenvalue weighted by Crippen LogP contribution is -2.52. The molecular weight excluding hydrogens is 407 g/mol. The number of carbonyl (C=O) groups is 2. The number of alkyl halides is 1. The molecule has 1 saturated carbocycles. The Hall–Kier alpha value is -2.70. The van der Waals surface area contributed by atoms with Gasteiger partial charge < -0.3 is 9.80 Å². The first-order valence-electron chi connectivity index (χ1n) is 11.7. The minimum Gasteiger partial charge on any atom is -0.338 e. The number of piperidine rings is 1. The molecule has 1 aromatic carbocycles. The summed E-state index contributed by atoms with van der Waals surface area (Å²) in [4.78, 5) is 30.6. The standard InChI is InChI=1S/C25H31FN4O2/c1-18(2)30-21(9-13-27-30)20-16-29(23(32)25(26)11-12-25)17-24(20)10-6-14-28(22(24)31)15-19-7-4-3-5-8-19/h3-5,7-9,13,18,20H,6,10-12,14-17H2,1-2H3/t20-,24-/m1/s1. The fourth-order valence-electron chi connectivity index (χ4n) is 5.61. The summed E-state index contributed by atoms with van der Waals surface area (Å²) in [7, 11) is 0. The van der Waals surface area contributed by atoms with E-state index in [0.717, 1.165) is 17.7 Å². The van der Waals surface area contributed by atoms with Gasteiger partial charge in [0.25, 0.3) is 5.91 Å². The number of hydrogen-bond acceptors (Lipinski definition) is 3. The van der Waals surface area contributed by atoms with E-state index in [1.165, 1.54) is 0 Å². The van der Waals surface area contributed by atoms with Crippen molar-refractivity contribution in [1.29, 1.82) is 0 Å². The molecule has 1 spiro atoms. The molecule has 0 unspecified atom stereocenters. The van der Waals surface area contributed by atoms with Gasteiger partial charge in [0.1, 0.15) is 0 Å². The molecule has 2 atom stereocenters. The zero-order valence-electron chi connectivity index (χ0n) is 18.8. The number of amides is 2. The van der Waals surface area contributed by atoms with Gasteiger partial charge in [-0.1, -0.05) is 30.3 Å². The van der Waals surface area contributed by atoms with Crippen LogP contribution in [0.1, 0.15) is 62.7 Å². The van der Waals surface area contributed by atoms with E-state index in [9.17, 15) is 14.0 Å². The number of likely N-dealkylation sites (tertiary alicyclic amines) is 2. The van der Waals surface area contributed by atoms with E-state index in [4.69, 9.17) is 0 Å². The highest BCUT2D eigenvalue weighted by atomic mass is 19.1. The summed E-state index contributed by atoms with van der Waals surface area (Å²) in [6.07, 6.45) is 3.91. The number of rotatable bonds is 5. The molecule has 0 bridgehead atoms. The number of nitrogens with zero attached hydrogens (tertiary/aromatic N) is 4. The predicted octanol–water partition coefficient (Wildman–Crippen LogP) is 3.70. The Kier molecular flexibility index (Phi) is 5.10. The van der Waals surface area contributed by atoms with Crippen molar-refractivity contribution in [1.82, 2.24) is 19.6 Å². The lowest BCUT2D eigenvalue weighted by molar-refractivity contribution is -0.148. The lowest BCUT2D eigenvalue weighted by atomic mass is 9.70. The third-order valence-electron chi connectivity index (χ3n) is 7.43. The van der Waals surface area contributed by atoms with E-state index in [2.05, 4.69) is 18.9 Å². The number of halogens is 1. The van der Waals surface area contributed by atoms with Crippen molar-refractivity contribution in [2.45, 2.75) is 63.7 Å². The summed E-state index contributed by atoms with van der Waals surface area (Å²) in [6.45, 7) is 6.03. The monoisotopic (exact) mass is 438 g/mol. The molecule has 2 amide bonds. The van der Waals surface area contributed by atoms with Gasteiger partial charge in [-0.3, -0.25) is 14.3 Å². The van der Waals surface area contributed by atoms with Gasteiger partial charge in [-0.15, -0.1) is 0 Å². The van der Waals surface area contributed by atoms with Crippen LogP contribution in [0.2, 0.25) is 0 Å². The molecule has 2 aliphatic heterocycles. The highest BCUT2D eigenvalue weighted by Crippen LogP contribution is 2.52.